The van der Waals surface area contributed by atoms with Gasteiger partial charge in [0, 0.05) is 12.7 Å². The summed E-state index contributed by atoms with van der Waals surface area (Å²) in [4.78, 5) is 23.5. The van der Waals surface area contributed by atoms with E-state index < -0.39 is 11.9 Å². The summed E-state index contributed by atoms with van der Waals surface area (Å²) in [5.41, 5.74) is 1.58. The van der Waals surface area contributed by atoms with Gasteiger partial charge in [-0.2, -0.15) is 5.10 Å². The van der Waals surface area contributed by atoms with E-state index >= 15 is 0 Å². The van der Waals surface area contributed by atoms with E-state index in [0.29, 0.717) is 5.69 Å². The number of rotatable bonds is 4. The van der Waals surface area contributed by atoms with E-state index in [1.54, 1.807) is 6.07 Å². The van der Waals surface area contributed by atoms with Crippen molar-refractivity contribution in [2.24, 2.45) is 7.05 Å². The maximum atomic E-state index is 12.4. The minimum atomic E-state index is -1.18. The Balaban J connectivity index is 2.35. The molecule has 6 heteroatoms. The molecule has 0 saturated heterocycles. The summed E-state index contributed by atoms with van der Waals surface area (Å²) in [6.07, 6.45) is 1.17. The highest BCUT2D eigenvalue weighted by Crippen LogP contribution is 2.24. The average molecular weight is 287 g/mol. The number of aryl methyl sites for hydroxylation is 1. The maximum absolute atomic E-state index is 12.4. The third kappa shape index (κ3) is 2.94. The number of carboxylic acids is 1. The number of carbonyl (C=O) groups excluding carboxylic acids is 1. The lowest BCUT2D eigenvalue weighted by Crippen LogP contribution is -2.20. The number of amides is 1. The van der Waals surface area contributed by atoms with E-state index in [0.717, 1.165) is 5.56 Å². The molecule has 1 aromatic heterocycles. The summed E-state index contributed by atoms with van der Waals surface area (Å²) in [7, 11) is 1.54. The third-order valence-corrected chi connectivity index (χ3v) is 3.22. The van der Waals surface area contributed by atoms with Crippen LogP contribution in [-0.2, 0) is 7.05 Å². The number of carbonyl (C=O) groups is 2. The molecular formula is C15H17N3O3. The van der Waals surface area contributed by atoms with Crippen LogP contribution in [-0.4, -0.2) is 26.8 Å². The second-order valence-electron chi connectivity index (χ2n) is 5.03. The number of para-hydroxylation sites is 1. The number of carboxylic acid groups (broad SMARTS) is 1. The third-order valence-electron chi connectivity index (χ3n) is 3.22. The van der Waals surface area contributed by atoms with Crippen LogP contribution in [0, 0.1) is 0 Å². The molecule has 0 aliphatic heterocycles. The highest BCUT2D eigenvalue weighted by molar-refractivity contribution is 6.09. The molecule has 0 aliphatic carbocycles. The van der Waals surface area contributed by atoms with E-state index in [1.165, 1.54) is 17.9 Å². The first-order valence-corrected chi connectivity index (χ1v) is 6.57. The second kappa shape index (κ2) is 5.78. The number of aromatic nitrogens is 2. The molecule has 0 fully saturated rings. The van der Waals surface area contributed by atoms with Crippen LogP contribution in [0.5, 0.6) is 0 Å². The highest BCUT2D eigenvalue weighted by Gasteiger charge is 2.22. The highest BCUT2D eigenvalue weighted by atomic mass is 16.4. The zero-order valence-corrected chi connectivity index (χ0v) is 12.1. The largest absolute Gasteiger partial charge is 0.478 e. The summed E-state index contributed by atoms with van der Waals surface area (Å²) in [6.45, 7) is 4.05. The normalized spacial score (nSPS) is 10.7. The van der Waals surface area contributed by atoms with Crippen LogP contribution in [0.1, 0.15) is 46.2 Å². The lowest BCUT2D eigenvalue weighted by molar-refractivity contribution is 0.0692. The minimum Gasteiger partial charge on any atom is -0.478 e. The molecule has 6 nitrogen and oxygen atoms in total. The number of nitrogens with zero attached hydrogens (tertiary/aromatic N) is 2. The summed E-state index contributed by atoms with van der Waals surface area (Å²) in [6, 6.07) is 7.45. The number of benzene rings is 1. The smallest absolute Gasteiger partial charge is 0.339 e. The average Bonchev–Trinajstić information content (AvgIpc) is 2.81. The van der Waals surface area contributed by atoms with Crippen molar-refractivity contribution >= 4 is 17.6 Å². The lowest BCUT2D eigenvalue weighted by Gasteiger charge is -2.13. The van der Waals surface area contributed by atoms with Crippen molar-refractivity contribution in [1.29, 1.82) is 0 Å². The number of aromatic carboxylic acids is 1. The second-order valence-corrected chi connectivity index (χ2v) is 5.03. The van der Waals surface area contributed by atoms with Crippen LogP contribution >= 0.6 is 0 Å². The zero-order valence-electron chi connectivity index (χ0n) is 12.1. The van der Waals surface area contributed by atoms with Gasteiger partial charge in [0.1, 0.15) is 11.3 Å². The Labute approximate surface area is 122 Å². The fourth-order valence-electron chi connectivity index (χ4n) is 2.16. The molecule has 0 spiro atoms. The van der Waals surface area contributed by atoms with Gasteiger partial charge in [-0.1, -0.05) is 32.0 Å². The molecule has 0 atom stereocenters. The molecule has 0 saturated carbocycles. The number of anilines is 1. The first kappa shape index (κ1) is 14.8. The Morgan fingerprint density at radius 2 is 1.95 bits per heavy atom. The van der Waals surface area contributed by atoms with Gasteiger partial charge in [-0.05, 0) is 17.5 Å². The molecule has 0 bridgehead atoms. The van der Waals surface area contributed by atoms with Crippen molar-refractivity contribution in [2.45, 2.75) is 19.8 Å². The van der Waals surface area contributed by atoms with Crippen LogP contribution in [0.15, 0.2) is 30.5 Å². The van der Waals surface area contributed by atoms with Crippen molar-refractivity contribution in [3.05, 3.63) is 47.3 Å². The predicted molar refractivity (Wildman–Crippen MR) is 78.7 cm³/mol. The predicted octanol–water partition coefficient (Wildman–Crippen LogP) is 2.49. The molecular weight excluding hydrogens is 270 g/mol. The minimum absolute atomic E-state index is 0.0288. The molecule has 1 amide bonds. The van der Waals surface area contributed by atoms with Crippen molar-refractivity contribution in [2.75, 3.05) is 5.32 Å². The van der Waals surface area contributed by atoms with Crippen LogP contribution in [0.25, 0.3) is 0 Å². The van der Waals surface area contributed by atoms with E-state index in [9.17, 15) is 9.59 Å². The van der Waals surface area contributed by atoms with Crippen LogP contribution in [0.3, 0.4) is 0 Å². The van der Waals surface area contributed by atoms with Crippen LogP contribution in [0.4, 0.5) is 5.69 Å². The summed E-state index contributed by atoms with van der Waals surface area (Å²) in [5.74, 6) is -1.42. The van der Waals surface area contributed by atoms with Crippen molar-refractivity contribution in [1.82, 2.24) is 9.78 Å². The van der Waals surface area contributed by atoms with E-state index in [1.807, 2.05) is 32.0 Å². The first-order chi connectivity index (χ1) is 9.91. The van der Waals surface area contributed by atoms with Gasteiger partial charge in [-0.25, -0.2) is 4.79 Å². The molecule has 21 heavy (non-hydrogen) atoms. The van der Waals surface area contributed by atoms with E-state index in [4.69, 9.17) is 5.11 Å². The van der Waals surface area contributed by atoms with Gasteiger partial charge in [0.2, 0.25) is 0 Å². The van der Waals surface area contributed by atoms with Crippen molar-refractivity contribution < 1.29 is 14.7 Å². The van der Waals surface area contributed by atoms with Gasteiger partial charge in [0.15, 0.2) is 0 Å². The van der Waals surface area contributed by atoms with Crippen LogP contribution in [0.2, 0.25) is 0 Å². The van der Waals surface area contributed by atoms with Gasteiger partial charge in [0.25, 0.3) is 5.91 Å². The number of nitrogens with one attached hydrogen (secondary N) is 1. The maximum Gasteiger partial charge on any atom is 0.339 e. The fraction of sp³-hybridized carbons (Fsp3) is 0.267. The monoisotopic (exact) mass is 287 g/mol. The van der Waals surface area contributed by atoms with Crippen LogP contribution < -0.4 is 5.32 Å². The molecule has 110 valence electrons. The van der Waals surface area contributed by atoms with Crippen molar-refractivity contribution in [3.8, 4) is 0 Å². The molecule has 2 rings (SSSR count). The topological polar surface area (TPSA) is 84.2 Å². The molecule has 0 unspecified atom stereocenters. The number of hydrogen-bond donors (Lipinski definition) is 2. The summed E-state index contributed by atoms with van der Waals surface area (Å²) in [5, 5.41) is 15.7. The molecule has 0 aliphatic rings. The Bertz CT molecular complexity index is 689. The van der Waals surface area contributed by atoms with E-state index in [2.05, 4.69) is 10.4 Å². The fourth-order valence-corrected chi connectivity index (χ4v) is 2.16. The molecule has 0 radical (unpaired) electrons. The lowest BCUT2D eigenvalue weighted by atomic mass is 10.0. The van der Waals surface area contributed by atoms with Gasteiger partial charge in [-0.3, -0.25) is 9.48 Å². The van der Waals surface area contributed by atoms with Gasteiger partial charge >= 0.3 is 5.97 Å². The zero-order chi connectivity index (χ0) is 15.6. The SMILES string of the molecule is CC(C)c1ccccc1NC(=O)c1c(C(=O)O)cnn1C. The molecule has 2 aromatic rings. The first-order valence-electron chi connectivity index (χ1n) is 6.57. The quantitative estimate of drug-likeness (QED) is 0.904. The molecule has 1 heterocycles. The summed E-state index contributed by atoms with van der Waals surface area (Å²) >= 11 is 0. The summed E-state index contributed by atoms with van der Waals surface area (Å²) < 4.78 is 1.26. The van der Waals surface area contributed by atoms with Gasteiger partial charge in [0.05, 0.1) is 6.20 Å². The van der Waals surface area contributed by atoms with E-state index in [-0.39, 0.29) is 17.2 Å². The Hall–Kier alpha value is -2.63. The van der Waals surface area contributed by atoms with Gasteiger partial charge < -0.3 is 10.4 Å². The van der Waals surface area contributed by atoms with Crippen molar-refractivity contribution in [3.63, 3.8) is 0 Å². The standard InChI is InChI=1S/C15H17N3O3/c1-9(2)10-6-4-5-7-12(10)17-14(19)13-11(15(20)21)8-16-18(13)3/h4-9H,1-3H3,(H,17,19)(H,20,21). The Morgan fingerprint density at radius 3 is 2.57 bits per heavy atom. The number of hydrogen-bond acceptors (Lipinski definition) is 3. The molecule has 2 N–H and O–H groups in total. The molecule has 1 aromatic carbocycles. The Kier molecular flexibility index (Phi) is 4.07. The Morgan fingerprint density at radius 1 is 1.29 bits per heavy atom. The van der Waals surface area contributed by atoms with Gasteiger partial charge in [-0.15, -0.1) is 0 Å².